The zero-order valence-corrected chi connectivity index (χ0v) is 8.74. The molecule has 0 saturated heterocycles. The number of benzene rings is 1. The topological polar surface area (TPSA) is 36.7 Å². The van der Waals surface area contributed by atoms with Gasteiger partial charge in [-0.3, -0.25) is 0 Å². The molecule has 72 valence electrons. The predicted octanol–water partition coefficient (Wildman–Crippen LogP) is 3.10. The zero-order valence-electron chi connectivity index (χ0n) is 7.92. The van der Waals surface area contributed by atoms with Crippen molar-refractivity contribution in [2.45, 2.75) is 9.79 Å². The second-order valence-electron chi connectivity index (χ2n) is 2.90. The Kier molecular flexibility index (Phi) is 3.01. The Morgan fingerprint density at radius 2 is 1.87 bits per heavy atom. The van der Waals surface area contributed by atoms with E-state index in [0.29, 0.717) is 5.69 Å². The second-order valence-corrected chi connectivity index (χ2v) is 4.05. The molecule has 0 spiro atoms. The van der Waals surface area contributed by atoms with E-state index in [1.165, 1.54) is 0 Å². The van der Waals surface area contributed by atoms with Gasteiger partial charge >= 0.3 is 0 Å². The monoisotopic (exact) mass is 212 g/mol. The predicted molar refractivity (Wildman–Crippen MR) is 59.5 cm³/mol. The summed E-state index contributed by atoms with van der Waals surface area (Å²) in [4.78, 5) is 6.12. The number of rotatable bonds is 2. The molecule has 0 fully saturated rings. The number of aromatic nitrogens is 1. The van der Waals surface area contributed by atoms with Crippen molar-refractivity contribution in [2.75, 3.05) is 0 Å². The van der Waals surface area contributed by atoms with Crippen LogP contribution in [0.4, 0.5) is 0 Å². The summed E-state index contributed by atoms with van der Waals surface area (Å²) in [5, 5.41) is 8.71. The molecule has 0 amide bonds. The maximum Gasteiger partial charge on any atom is 0.141 e. The van der Waals surface area contributed by atoms with Crippen molar-refractivity contribution < 1.29 is 0 Å². The Hall–Kier alpha value is -1.79. The molecule has 0 saturated carbocycles. The van der Waals surface area contributed by atoms with Crippen molar-refractivity contribution in [1.82, 2.24) is 4.98 Å². The summed E-state index contributed by atoms with van der Waals surface area (Å²) in [5.74, 6) is 0. The van der Waals surface area contributed by atoms with E-state index in [2.05, 4.69) is 4.98 Å². The standard InChI is InChI=1S/C12H8N2S/c13-9-10-8-12(6-7-14-10)15-11-4-2-1-3-5-11/h1-8H. The molecule has 2 nitrogen and oxygen atoms in total. The van der Waals surface area contributed by atoms with Crippen molar-refractivity contribution >= 4 is 11.8 Å². The van der Waals surface area contributed by atoms with E-state index in [1.54, 1.807) is 24.0 Å². The van der Waals surface area contributed by atoms with E-state index in [-0.39, 0.29) is 0 Å². The Morgan fingerprint density at radius 1 is 1.07 bits per heavy atom. The maximum atomic E-state index is 8.71. The summed E-state index contributed by atoms with van der Waals surface area (Å²) >= 11 is 1.63. The first kappa shape index (κ1) is 9.75. The molecular weight excluding hydrogens is 204 g/mol. The lowest BCUT2D eigenvalue weighted by Crippen LogP contribution is -1.81. The molecule has 0 aliphatic rings. The van der Waals surface area contributed by atoms with Crippen LogP contribution in [0.3, 0.4) is 0 Å². The molecule has 0 unspecified atom stereocenters. The van der Waals surface area contributed by atoms with Gasteiger partial charge < -0.3 is 0 Å². The summed E-state index contributed by atoms with van der Waals surface area (Å²) in [6.07, 6.45) is 1.66. The van der Waals surface area contributed by atoms with Gasteiger partial charge in [0.05, 0.1) is 0 Å². The Morgan fingerprint density at radius 3 is 2.60 bits per heavy atom. The Bertz CT molecular complexity index is 488. The Labute approximate surface area is 92.6 Å². The average molecular weight is 212 g/mol. The third-order valence-corrected chi connectivity index (χ3v) is 2.82. The first-order chi connectivity index (χ1) is 7.38. The summed E-state index contributed by atoms with van der Waals surface area (Å²) in [6.45, 7) is 0. The van der Waals surface area contributed by atoms with Gasteiger partial charge in [0.2, 0.25) is 0 Å². The molecule has 0 bridgehead atoms. The molecule has 1 aromatic carbocycles. The highest BCUT2D eigenvalue weighted by Crippen LogP contribution is 2.26. The Balaban J connectivity index is 2.22. The van der Waals surface area contributed by atoms with E-state index in [4.69, 9.17) is 5.26 Å². The zero-order chi connectivity index (χ0) is 10.5. The minimum atomic E-state index is 0.455. The van der Waals surface area contributed by atoms with Gasteiger partial charge in [-0.2, -0.15) is 5.26 Å². The van der Waals surface area contributed by atoms with Crippen LogP contribution in [0.5, 0.6) is 0 Å². The number of hydrogen-bond acceptors (Lipinski definition) is 3. The van der Waals surface area contributed by atoms with E-state index in [9.17, 15) is 0 Å². The molecule has 0 radical (unpaired) electrons. The molecule has 0 N–H and O–H groups in total. The van der Waals surface area contributed by atoms with E-state index >= 15 is 0 Å². The fourth-order valence-electron chi connectivity index (χ4n) is 1.16. The van der Waals surface area contributed by atoms with Crippen molar-refractivity contribution in [3.8, 4) is 6.07 Å². The van der Waals surface area contributed by atoms with Crippen LogP contribution in [0.1, 0.15) is 5.69 Å². The van der Waals surface area contributed by atoms with Crippen LogP contribution in [0.2, 0.25) is 0 Å². The fraction of sp³-hybridized carbons (Fsp3) is 0. The first-order valence-electron chi connectivity index (χ1n) is 4.47. The summed E-state index contributed by atoms with van der Waals surface area (Å²) in [6, 6.07) is 15.8. The summed E-state index contributed by atoms with van der Waals surface area (Å²) < 4.78 is 0. The lowest BCUT2D eigenvalue weighted by atomic mass is 10.4. The molecule has 1 heterocycles. The quantitative estimate of drug-likeness (QED) is 0.767. The van der Waals surface area contributed by atoms with Crippen LogP contribution in [0.25, 0.3) is 0 Å². The molecule has 0 aliphatic carbocycles. The summed E-state index contributed by atoms with van der Waals surface area (Å²) in [7, 11) is 0. The van der Waals surface area contributed by atoms with Crippen LogP contribution >= 0.6 is 11.8 Å². The third-order valence-electron chi connectivity index (χ3n) is 1.82. The van der Waals surface area contributed by atoms with Gasteiger partial charge in [0.15, 0.2) is 0 Å². The molecule has 2 rings (SSSR count). The van der Waals surface area contributed by atoms with Crippen LogP contribution in [0.15, 0.2) is 58.5 Å². The first-order valence-corrected chi connectivity index (χ1v) is 5.29. The van der Waals surface area contributed by atoms with Gasteiger partial charge in [-0.25, -0.2) is 4.98 Å². The normalized spacial score (nSPS) is 9.53. The van der Waals surface area contributed by atoms with Crippen LogP contribution in [-0.4, -0.2) is 4.98 Å². The molecule has 15 heavy (non-hydrogen) atoms. The maximum absolute atomic E-state index is 8.71. The number of nitriles is 1. The minimum absolute atomic E-state index is 0.455. The molecule has 0 atom stereocenters. The average Bonchev–Trinajstić information content (AvgIpc) is 2.31. The van der Waals surface area contributed by atoms with E-state index in [0.717, 1.165) is 9.79 Å². The molecule has 3 heteroatoms. The largest absolute Gasteiger partial charge is 0.245 e. The van der Waals surface area contributed by atoms with Crippen LogP contribution in [0, 0.1) is 11.3 Å². The molecule has 0 aliphatic heterocycles. The lowest BCUT2D eigenvalue weighted by Gasteiger charge is -2.00. The van der Waals surface area contributed by atoms with Crippen LogP contribution in [-0.2, 0) is 0 Å². The van der Waals surface area contributed by atoms with Gasteiger partial charge in [-0.05, 0) is 24.3 Å². The highest BCUT2D eigenvalue weighted by molar-refractivity contribution is 7.99. The number of hydrogen-bond donors (Lipinski definition) is 0. The second kappa shape index (κ2) is 4.63. The lowest BCUT2D eigenvalue weighted by molar-refractivity contribution is 1.21. The SMILES string of the molecule is N#Cc1cc(Sc2ccccc2)ccn1. The van der Waals surface area contributed by atoms with Gasteiger partial charge in [-0.1, -0.05) is 30.0 Å². The van der Waals surface area contributed by atoms with Crippen molar-refractivity contribution in [3.63, 3.8) is 0 Å². The highest BCUT2D eigenvalue weighted by Gasteiger charge is 1.98. The van der Waals surface area contributed by atoms with Gasteiger partial charge in [0, 0.05) is 16.0 Å². The van der Waals surface area contributed by atoms with Gasteiger partial charge in [0.1, 0.15) is 11.8 Å². The van der Waals surface area contributed by atoms with Gasteiger partial charge in [0.25, 0.3) is 0 Å². The van der Waals surface area contributed by atoms with Crippen molar-refractivity contribution in [3.05, 3.63) is 54.4 Å². The van der Waals surface area contributed by atoms with Gasteiger partial charge in [-0.15, -0.1) is 0 Å². The van der Waals surface area contributed by atoms with E-state index in [1.807, 2.05) is 42.5 Å². The molecule has 1 aromatic heterocycles. The van der Waals surface area contributed by atoms with Crippen LogP contribution < -0.4 is 0 Å². The fourth-order valence-corrected chi connectivity index (χ4v) is 2.03. The van der Waals surface area contributed by atoms with Crippen molar-refractivity contribution in [2.24, 2.45) is 0 Å². The third kappa shape index (κ3) is 2.58. The number of nitrogens with zero attached hydrogens (tertiary/aromatic N) is 2. The smallest absolute Gasteiger partial charge is 0.141 e. The summed E-state index contributed by atoms with van der Waals surface area (Å²) in [5.41, 5.74) is 0.455. The minimum Gasteiger partial charge on any atom is -0.245 e. The van der Waals surface area contributed by atoms with E-state index < -0.39 is 0 Å². The highest BCUT2D eigenvalue weighted by atomic mass is 32.2. The number of pyridine rings is 1. The molecule has 2 aromatic rings. The van der Waals surface area contributed by atoms with Crippen molar-refractivity contribution in [1.29, 1.82) is 5.26 Å². The molecular formula is C12H8N2S.